The zero-order chi connectivity index (χ0) is 15.2. The number of nitrogens with zero attached hydrogens (tertiary/aromatic N) is 1. The van der Waals surface area contributed by atoms with E-state index in [-0.39, 0.29) is 11.8 Å². The van der Waals surface area contributed by atoms with Gasteiger partial charge < -0.3 is 9.47 Å². The molecule has 0 aliphatic rings. The lowest BCUT2D eigenvalue weighted by atomic mass is 9.83. The van der Waals surface area contributed by atoms with Gasteiger partial charge in [-0.15, -0.1) is 0 Å². The highest BCUT2D eigenvalue weighted by Gasteiger charge is 2.24. The molecule has 0 heterocycles. The van der Waals surface area contributed by atoms with E-state index in [1.54, 1.807) is 14.2 Å². The maximum absolute atomic E-state index is 9.65. The predicted octanol–water partition coefficient (Wildman–Crippen LogP) is 4.11. The van der Waals surface area contributed by atoms with Crippen molar-refractivity contribution in [3.63, 3.8) is 0 Å². The highest BCUT2D eigenvalue weighted by atomic mass is 16.5. The Bertz CT molecular complexity index is 631. The molecule has 0 aliphatic carbocycles. The zero-order valence-electron chi connectivity index (χ0n) is 12.5. The van der Waals surface area contributed by atoms with Crippen LogP contribution in [0.5, 0.6) is 11.5 Å². The van der Waals surface area contributed by atoms with Crippen LogP contribution in [0.2, 0.25) is 0 Å². The monoisotopic (exact) mass is 281 g/mol. The third-order valence-corrected chi connectivity index (χ3v) is 3.74. The van der Waals surface area contributed by atoms with Crippen LogP contribution in [0.4, 0.5) is 0 Å². The first-order chi connectivity index (χ1) is 10.2. The van der Waals surface area contributed by atoms with Crippen LogP contribution < -0.4 is 9.47 Å². The lowest BCUT2D eigenvalue weighted by Gasteiger charge is -2.21. The van der Waals surface area contributed by atoms with E-state index in [4.69, 9.17) is 9.47 Å². The molecule has 0 saturated carbocycles. The van der Waals surface area contributed by atoms with E-state index < -0.39 is 0 Å². The largest absolute Gasteiger partial charge is 0.497 e. The summed E-state index contributed by atoms with van der Waals surface area (Å²) >= 11 is 0. The minimum Gasteiger partial charge on any atom is -0.497 e. The van der Waals surface area contributed by atoms with Gasteiger partial charge in [-0.05, 0) is 23.8 Å². The second kappa shape index (κ2) is 6.81. The predicted molar refractivity (Wildman–Crippen MR) is 82.8 cm³/mol. The average Bonchev–Trinajstić information content (AvgIpc) is 2.56. The number of rotatable bonds is 5. The van der Waals surface area contributed by atoms with Crippen molar-refractivity contribution in [3.8, 4) is 17.6 Å². The summed E-state index contributed by atoms with van der Waals surface area (Å²) in [5.41, 5.74) is 1.99. The first-order valence-corrected chi connectivity index (χ1v) is 6.87. The molecule has 0 spiro atoms. The SMILES string of the molecule is COc1ccc(OC)c(C(C#N)C(C)c2ccccc2)c1. The molecule has 2 aromatic carbocycles. The van der Waals surface area contributed by atoms with Gasteiger partial charge in [-0.3, -0.25) is 0 Å². The Labute approximate surface area is 125 Å². The van der Waals surface area contributed by atoms with E-state index in [9.17, 15) is 5.26 Å². The molecule has 3 heteroatoms. The maximum Gasteiger partial charge on any atom is 0.123 e. The molecule has 0 aliphatic heterocycles. The Balaban J connectivity index is 2.44. The fourth-order valence-electron chi connectivity index (χ4n) is 2.48. The molecule has 2 unspecified atom stereocenters. The first-order valence-electron chi connectivity index (χ1n) is 6.87. The van der Waals surface area contributed by atoms with Crippen molar-refractivity contribution in [2.45, 2.75) is 18.8 Å². The van der Waals surface area contributed by atoms with E-state index >= 15 is 0 Å². The van der Waals surface area contributed by atoms with Crippen molar-refractivity contribution in [3.05, 3.63) is 59.7 Å². The topological polar surface area (TPSA) is 42.2 Å². The highest BCUT2D eigenvalue weighted by Crippen LogP contribution is 2.38. The Morgan fingerprint density at radius 2 is 1.71 bits per heavy atom. The molecule has 108 valence electrons. The molecule has 0 N–H and O–H groups in total. The van der Waals surface area contributed by atoms with Crippen LogP contribution in [0.3, 0.4) is 0 Å². The molecule has 0 bridgehead atoms. The number of nitriles is 1. The molecule has 2 aromatic rings. The van der Waals surface area contributed by atoms with Gasteiger partial charge in [0.25, 0.3) is 0 Å². The summed E-state index contributed by atoms with van der Waals surface area (Å²) in [6, 6.07) is 18.0. The standard InChI is InChI=1S/C18H19NO2/c1-13(14-7-5-4-6-8-14)17(12-19)16-11-15(20-2)9-10-18(16)21-3/h4-11,13,17H,1-3H3. The minimum absolute atomic E-state index is 0.0669. The quantitative estimate of drug-likeness (QED) is 0.828. The average molecular weight is 281 g/mol. The van der Waals surface area contributed by atoms with Gasteiger partial charge in [0.05, 0.1) is 26.2 Å². The summed E-state index contributed by atoms with van der Waals surface area (Å²) in [4.78, 5) is 0. The van der Waals surface area contributed by atoms with E-state index in [0.717, 1.165) is 16.9 Å². The smallest absolute Gasteiger partial charge is 0.123 e. The van der Waals surface area contributed by atoms with E-state index in [0.29, 0.717) is 5.75 Å². The van der Waals surface area contributed by atoms with Crippen LogP contribution in [0, 0.1) is 11.3 Å². The zero-order valence-corrected chi connectivity index (χ0v) is 12.5. The third kappa shape index (κ3) is 3.17. The molecular formula is C18H19NO2. The maximum atomic E-state index is 9.65. The Morgan fingerprint density at radius 3 is 2.29 bits per heavy atom. The van der Waals surface area contributed by atoms with Crippen molar-refractivity contribution < 1.29 is 9.47 Å². The minimum atomic E-state index is -0.294. The summed E-state index contributed by atoms with van der Waals surface area (Å²) in [5, 5.41) is 9.65. The highest BCUT2D eigenvalue weighted by molar-refractivity contribution is 5.46. The second-order valence-corrected chi connectivity index (χ2v) is 4.91. The molecule has 21 heavy (non-hydrogen) atoms. The molecule has 3 nitrogen and oxygen atoms in total. The number of hydrogen-bond acceptors (Lipinski definition) is 3. The number of hydrogen-bond donors (Lipinski definition) is 0. The van der Waals surface area contributed by atoms with Gasteiger partial charge in [0.15, 0.2) is 0 Å². The van der Waals surface area contributed by atoms with Crippen LogP contribution in [0.1, 0.15) is 29.9 Å². The van der Waals surface area contributed by atoms with Gasteiger partial charge in [0.2, 0.25) is 0 Å². The molecule has 0 saturated heterocycles. The van der Waals surface area contributed by atoms with Crippen LogP contribution in [-0.2, 0) is 0 Å². The van der Waals surface area contributed by atoms with Crippen molar-refractivity contribution in [1.82, 2.24) is 0 Å². The Hall–Kier alpha value is -2.47. The lowest BCUT2D eigenvalue weighted by molar-refractivity contribution is 0.396. The molecule has 0 fully saturated rings. The summed E-state index contributed by atoms with van der Waals surface area (Å²) in [6.45, 7) is 2.06. The van der Waals surface area contributed by atoms with Gasteiger partial charge in [-0.2, -0.15) is 5.26 Å². The summed E-state index contributed by atoms with van der Waals surface area (Å²) in [7, 11) is 3.24. The third-order valence-electron chi connectivity index (χ3n) is 3.74. The van der Waals surface area contributed by atoms with Gasteiger partial charge in [0.1, 0.15) is 11.5 Å². The van der Waals surface area contributed by atoms with Gasteiger partial charge in [-0.1, -0.05) is 37.3 Å². The molecule has 2 rings (SSSR count). The number of benzene rings is 2. The fraction of sp³-hybridized carbons (Fsp3) is 0.278. The van der Waals surface area contributed by atoms with E-state index in [2.05, 4.69) is 13.0 Å². The molecule has 0 aromatic heterocycles. The van der Waals surface area contributed by atoms with Gasteiger partial charge in [0, 0.05) is 11.5 Å². The normalized spacial score (nSPS) is 13.0. The first kappa shape index (κ1) is 14.9. The molecule has 2 atom stereocenters. The lowest BCUT2D eigenvalue weighted by Crippen LogP contribution is -2.08. The molecule has 0 amide bonds. The fourth-order valence-corrected chi connectivity index (χ4v) is 2.48. The van der Waals surface area contributed by atoms with Crippen LogP contribution in [0.15, 0.2) is 48.5 Å². The summed E-state index contributed by atoms with van der Waals surface area (Å²) in [6.07, 6.45) is 0. The Kier molecular flexibility index (Phi) is 4.84. The van der Waals surface area contributed by atoms with Crippen molar-refractivity contribution in [2.24, 2.45) is 0 Å². The van der Waals surface area contributed by atoms with Crippen molar-refractivity contribution in [1.29, 1.82) is 5.26 Å². The van der Waals surface area contributed by atoms with Crippen LogP contribution >= 0.6 is 0 Å². The Morgan fingerprint density at radius 1 is 1.00 bits per heavy atom. The summed E-state index contributed by atoms with van der Waals surface area (Å²) in [5.74, 6) is 1.21. The van der Waals surface area contributed by atoms with Crippen LogP contribution in [0.25, 0.3) is 0 Å². The number of ether oxygens (including phenoxy) is 2. The van der Waals surface area contributed by atoms with Gasteiger partial charge >= 0.3 is 0 Å². The van der Waals surface area contributed by atoms with Gasteiger partial charge in [-0.25, -0.2) is 0 Å². The number of methoxy groups -OCH3 is 2. The molecule has 0 radical (unpaired) electrons. The summed E-state index contributed by atoms with van der Waals surface area (Å²) < 4.78 is 10.7. The molecular weight excluding hydrogens is 262 g/mol. The van der Waals surface area contributed by atoms with Crippen LogP contribution in [-0.4, -0.2) is 14.2 Å². The second-order valence-electron chi connectivity index (χ2n) is 4.91. The van der Waals surface area contributed by atoms with Crippen molar-refractivity contribution >= 4 is 0 Å². The van der Waals surface area contributed by atoms with Crippen molar-refractivity contribution in [2.75, 3.05) is 14.2 Å². The van der Waals surface area contributed by atoms with E-state index in [1.807, 2.05) is 48.5 Å². The van der Waals surface area contributed by atoms with E-state index in [1.165, 1.54) is 0 Å².